The molecule has 0 spiro atoms. The molecule has 0 radical (unpaired) electrons. The molecule has 0 aliphatic carbocycles. The van der Waals surface area contributed by atoms with Crippen LogP contribution in [-0.4, -0.2) is 13.7 Å². The van der Waals surface area contributed by atoms with Crippen molar-refractivity contribution in [2.45, 2.75) is 4.90 Å². The first kappa shape index (κ1) is 9.95. The summed E-state index contributed by atoms with van der Waals surface area (Å²) in [6, 6.07) is 4.73. The second-order valence-corrected chi connectivity index (χ2v) is 5.47. The number of sulfonamides is 1. The third-order valence-electron chi connectivity index (χ3n) is 1.66. The molecular weight excluding hydrogens is 292 g/mol. The fourth-order valence-electron chi connectivity index (χ4n) is 1.11. The van der Waals surface area contributed by atoms with Crippen molar-refractivity contribution < 1.29 is 8.42 Å². The minimum atomic E-state index is -3.64. The lowest BCUT2D eigenvalue weighted by molar-refractivity contribution is 0.598. The summed E-state index contributed by atoms with van der Waals surface area (Å²) >= 11 is 8.76. The van der Waals surface area contributed by atoms with E-state index in [0.717, 1.165) is 4.47 Å². The van der Waals surface area contributed by atoms with Crippen LogP contribution in [0, 0.1) is 0 Å². The highest BCUT2D eigenvalue weighted by atomic mass is 79.9. The molecule has 2 rings (SSSR count). The van der Waals surface area contributed by atoms with Gasteiger partial charge in [0, 0.05) is 4.47 Å². The Morgan fingerprint density at radius 2 is 2.14 bits per heavy atom. The fraction of sp³-hybridized carbons (Fsp3) is 0. The van der Waals surface area contributed by atoms with Crippen molar-refractivity contribution >= 4 is 48.5 Å². The van der Waals surface area contributed by atoms with Gasteiger partial charge in [0.05, 0.1) is 5.69 Å². The molecule has 1 aromatic carbocycles. The van der Waals surface area contributed by atoms with Gasteiger partial charge in [-0.2, -0.15) is 8.42 Å². The number of amidine groups is 1. The molecule has 1 aliphatic heterocycles. The van der Waals surface area contributed by atoms with E-state index >= 15 is 0 Å². The van der Waals surface area contributed by atoms with E-state index in [1.807, 2.05) is 0 Å². The largest absolute Gasteiger partial charge is 0.329 e. The fourth-order valence-corrected chi connectivity index (χ4v) is 2.83. The summed E-state index contributed by atoms with van der Waals surface area (Å²) in [5.74, 6) is 0. The van der Waals surface area contributed by atoms with E-state index < -0.39 is 10.0 Å². The first-order valence-electron chi connectivity index (χ1n) is 3.56. The Hall–Kier alpha value is -0.590. The zero-order valence-electron chi connectivity index (χ0n) is 6.66. The average Bonchev–Trinajstić information content (AvgIpc) is 2.00. The normalized spacial score (nSPS) is 18.0. The van der Waals surface area contributed by atoms with Crippen molar-refractivity contribution in [3.8, 4) is 0 Å². The summed E-state index contributed by atoms with van der Waals surface area (Å²) < 4.78 is 27.0. The summed E-state index contributed by atoms with van der Waals surface area (Å²) in [5.41, 5.74) is 0.430. The molecular formula is C7H4BrClN2O2S. The molecule has 0 saturated carbocycles. The lowest BCUT2D eigenvalue weighted by Gasteiger charge is -2.14. The quantitative estimate of drug-likeness (QED) is 0.746. The number of hydrogen-bond donors (Lipinski definition) is 1. The third kappa shape index (κ3) is 1.65. The van der Waals surface area contributed by atoms with Gasteiger partial charge in [-0.15, -0.1) is 4.40 Å². The Morgan fingerprint density at radius 3 is 2.86 bits per heavy atom. The molecule has 0 amide bonds. The van der Waals surface area contributed by atoms with Crippen LogP contribution in [0.25, 0.3) is 0 Å². The standard InChI is InChI=1S/C7H4BrClN2O2S/c8-4-1-2-6-5(3-4)10-7(9)11-14(6,12)13/h1-3H,(H,10,11). The SMILES string of the molecule is O=S1(=O)N=C(Cl)Nc2cc(Br)ccc21. The van der Waals surface area contributed by atoms with E-state index in [2.05, 4.69) is 25.6 Å². The maximum absolute atomic E-state index is 11.5. The van der Waals surface area contributed by atoms with Gasteiger partial charge in [-0.05, 0) is 29.8 Å². The monoisotopic (exact) mass is 294 g/mol. The van der Waals surface area contributed by atoms with E-state index in [9.17, 15) is 8.42 Å². The number of anilines is 1. The Balaban J connectivity index is 2.71. The Labute approximate surface area is 94.2 Å². The first-order chi connectivity index (χ1) is 6.49. The maximum atomic E-state index is 11.5. The number of hydrogen-bond acceptors (Lipinski definition) is 3. The van der Waals surface area contributed by atoms with Gasteiger partial charge in [0.15, 0.2) is 0 Å². The second kappa shape index (κ2) is 3.22. The number of fused-ring (bicyclic) bond motifs is 1. The van der Waals surface area contributed by atoms with Crippen LogP contribution in [0.5, 0.6) is 0 Å². The number of nitrogens with one attached hydrogen (secondary N) is 1. The molecule has 0 bridgehead atoms. The van der Waals surface area contributed by atoms with Crippen LogP contribution in [0.3, 0.4) is 0 Å². The van der Waals surface area contributed by atoms with Gasteiger partial charge in [0.2, 0.25) is 5.29 Å². The maximum Gasteiger partial charge on any atom is 0.287 e. The average molecular weight is 296 g/mol. The van der Waals surface area contributed by atoms with Crippen LogP contribution in [0.2, 0.25) is 0 Å². The highest BCUT2D eigenvalue weighted by Crippen LogP contribution is 2.30. The molecule has 74 valence electrons. The number of benzene rings is 1. The molecule has 0 saturated heterocycles. The lowest BCUT2D eigenvalue weighted by atomic mass is 10.3. The summed E-state index contributed by atoms with van der Waals surface area (Å²) in [6.45, 7) is 0. The van der Waals surface area contributed by atoms with Crippen molar-refractivity contribution in [3.63, 3.8) is 0 Å². The van der Waals surface area contributed by atoms with Crippen LogP contribution in [0.15, 0.2) is 32.0 Å². The minimum Gasteiger partial charge on any atom is -0.329 e. The van der Waals surface area contributed by atoms with Crippen molar-refractivity contribution in [1.82, 2.24) is 0 Å². The van der Waals surface area contributed by atoms with E-state index in [-0.39, 0.29) is 10.2 Å². The molecule has 0 unspecified atom stereocenters. The van der Waals surface area contributed by atoms with Crippen LogP contribution in [-0.2, 0) is 10.0 Å². The van der Waals surface area contributed by atoms with Crippen LogP contribution >= 0.6 is 27.5 Å². The highest BCUT2D eigenvalue weighted by Gasteiger charge is 2.23. The molecule has 0 aromatic heterocycles. The smallest absolute Gasteiger partial charge is 0.287 e. The predicted molar refractivity (Wildman–Crippen MR) is 58.2 cm³/mol. The lowest BCUT2D eigenvalue weighted by Crippen LogP contribution is -2.16. The van der Waals surface area contributed by atoms with Gasteiger partial charge in [-0.25, -0.2) is 0 Å². The van der Waals surface area contributed by atoms with E-state index in [4.69, 9.17) is 11.6 Å². The molecule has 1 aromatic rings. The molecule has 1 N–H and O–H groups in total. The highest BCUT2D eigenvalue weighted by molar-refractivity contribution is 9.10. The van der Waals surface area contributed by atoms with Crippen molar-refractivity contribution in [2.24, 2.45) is 4.40 Å². The van der Waals surface area contributed by atoms with Crippen LogP contribution in [0.1, 0.15) is 0 Å². The van der Waals surface area contributed by atoms with Crippen LogP contribution in [0.4, 0.5) is 5.69 Å². The van der Waals surface area contributed by atoms with Gasteiger partial charge in [0.1, 0.15) is 4.90 Å². The molecule has 0 fully saturated rings. The van der Waals surface area contributed by atoms with E-state index in [1.165, 1.54) is 6.07 Å². The van der Waals surface area contributed by atoms with Gasteiger partial charge >= 0.3 is 0 Å². The third-order valence-corrected chi connectivity index (χ3v) is 3.76. The molecule has 0 atom stereocenters. The van der Waals surface area contributed by atoms with E-state index in [0.29, 0.717) is 5.69 Å². The van der Waals surface area contributed by atoms with Gasteiger partial charge in [-0.1, -0.05) is 15.9 Å². The van der Waals surface area contributed by atoms with Crippen LogP contribution < -0.4 is 5.32 Å². The number of halogens is 2. The summed E-state index contributed by atoms with van der Waals surface area (Å²) in [6.07, 6.45) is 0. The van der Waals surface area contributed by atoms with Gasteiger partial charge in [-0.3, -0.25) is 0 Å². The molecule has 14 heavy (non-hydrogen) atoms. The Morgan fingerprint density at radius 1 is 1.43 bits per heavy atom. The molecule has 4 nitrogen and oxygen atoms in total. The molecule has 1 aliphatic rings. The Kier molecular flexibility index (Phi) is 2.29. The topological polar surface area (TPSA) is 58.5 Å². The van der Waals surface area contributed by atoms with Crippen molar-refractivity contribution in [3.05, 3.63) is 22.7 Å². The molecule has 1 heterocycles. The summed E-state index contributed by atoms with van der Waals surface area (Å²) in [4.78, 5) is 0.130. The Bertz CT molecular complexity index is 526. The number of nitrogens with zero attached hydrogens (tertiary/aromatic N) is 1. The predicted octanol–water partition coefficient (Wildman–Crippen LogP) is 2.16. The molecule has 7 heteroatoms. The van der Waals surface area contributed by atoms with E-state index in [1.54, 1.807) is 12.1 Å². The minimum absolute atomic E-state index is 0.130. The summed E-state index contributed by atoms with van der Waals surface area (Å²) in [7, 11) is -3.64. The first-order valence-corrected chi connectivity index (χ1v) is 6.17. The zero-order valence-corrected chi connectivity index (χ0v) is 9.82. The zero-order chi connectivity index (χ0) is 10.3. The van der Waals surface area contributed by atoms with Crippen molar-refractivity contribution in [1.29, 1.82) is 0 Å². The van der Waals surface area contributed by atoms with Gasteiger partial charge < -0.3 is 5.32 Å². The number of rotatable bonds is 0. The van der Waals surface area contributed by atoms with Crippen molar-refractivity contribution in [2.75, 3.05) is 5.32 Å². The summed E-state index contributed by atoms with van der Waals surface area (Å²) in [5, 5.41) is 2.52. The second-order valence-electron chi connectivity index (χ2n) is 2.62. The van der Waals surface area contributed by atoms with Gasteiger partial charge in [0.25, 0.3) is 10.0 Å².